The van der Waals surface area contributed by atoms with E-state index >= 15 is 0 Å². The molecule has 1 amide bonds. The predicted octanol–water partition coefficient (Wildman–Crippen LogP) is 4.85. The summed E-state index contributed by atoms with van der Waals surface area (Å²) in [5, 5.41) is 21.0. The van der Waals surface area contributed by atoms with Crippen molar-refractivity contribution in [1.29, 1.82) is 10.5 Å². The second kappa shape index (κ2) is 9.55. The van der Waals surface area contributed by atoms with Crippen LogP contribution in [0.5, 0.6) is 11.5 Å². The van der Waals surface area contributed by atoms with Gasteiger partial charge in [0.1, 0.15) is 11.5 Å². The largest absolute Gasteiger partial charge is 0.456 e. The number of hydrogen-bond donors (Lipinski definition) is 3. The fraction of sp³-hybridized carbons (Fsp3) is 0.160. The second-order valence-electron chi connectivity index (χ2n) is 7.43. The van der Waals surface area contributed by atoms with Crippen molar-refractivity contribution in [3.05, 3.63) is 76.3 Å². The molecule has 5 N–H and O–H groups in total. The Labute approximate surface area is 186 Å². The molecule has 0 radical (unpaired) electrons. The van der Waals surface area contributed by atoms with Crippen LogP contribution in [-0.4, -0.2) is 5.91 Å². The van der Waals surface area contributed by atoms with E-state index in [9.17, 15) is 4.79 Å². The van der Waals surface area contributed by atoms with Gasteiger partial charge in [-0.1, -0.05) is 12.1 Å². The van der Waals surface area contributed by atoms with Gasteiger partial charge in [0.2, 0.25) is 0 Å². The maximum atomic E-state index is 12.1. The summed E-state index contributed by atoms with van der Waals surface area (Å²) in [5.41, 5.74) is 16.8. The number of nitrogens with two attached hydrogens (primary N) is 2. The number of hydrogen-bond acceptors (Lipinski definition) is 6. The number of ether oxygens (including phenoxy) is 1. The van der Waals surface area contributed by atoms with Crippen LogP contribution in [0.25, 0.3) is 0 Å². The van der Waals surface area contributed by atoms with E-state index in [2.05, 4.69) is 17.5 Å². The molecule has 3 aromatic rings. The lowest BCUT2D eigenvalue weighted by molar-refractivity contribution is 0.0998. The predicted molar refractivity (Wildman–Crippen MR) is 124 cm³/mol. The highest BCUT2D eigenvalue weighted by molar-refractivity contribution is 5.98. The molecule has 0 aliphatic heterocycles. The smallest absolute Gasteiger partial charge is 0.252 e. The van der Waals surface area contributed by atoms with Gasteiger partial charge in [-0.3, -0.25) is 4.79 Å². The van der Waals surface area contributed by atoms with Gasteiger partial charge in [-0.2, -0.15) is 10.5 Å². The van der Waals surface area contributed by atoms with Gasteiger partial charge in [0.05, 0.1) is 34.6 Å². The molecule has 0 saturated heterocycles. The van der Waals surface area contributed by atoms with E-state index in [1.165, 1.54) is 6.07 Å². The van der Waals surface area contributed by atoms with Crippen LogP contribution >= 0.6 is 0 Å². The van der Waals surface area contributed by atoms with Crippen molar-refractivity contribution < 1.29 is 9.53 Å². The van der Waals surface area contributed by atoms with Gasteiger partial charge in [-0.05, 0) is 67.3 Å². The fourth-order valence-electron chi connectivity index (χ4n) is 3.42. The molecule has 0 aliphatic rings. The number of amides is 1. The summed E-state index contributed by atoms with van der Waals surface area (Å²) in [6.45, 7) is 3.82. The van der Waals surface area contributed by atoms with E-state index in [0.29, 0.717) is 35.5 Å². The van der Waals surface area contributed by atoms with E-state index in [0.717, 1.165) is 22.4 Å². The average Bonchev–Trinajstić information content (AvgIpc) is 2.77. The topological polar surface area (TPSA) is 138 Å². The highest BCUT2D eigenvalue weighted by Gasteiger charge is 2.17. The summed E-state index contributed by atoms with van der Waals surface area (Å²) in [7, 11) is 0. The van der Waals surface area contributed by atoms with Crippen LogP contribution in [0.15, 0.2) is 48.5 Å². The number of aryl methyl sites for hydroxylation is 3. The van der Waals surface area contributed by atoms with Crippen LogP contribution in [0, 0.1) is 36.5 Å². The van der Waals surface area contributed by atoms with E-state index in [1.807, 2.05) is 26.0 Å². The maximum absolute atomic E-state index is 12.1. The van der Waals surface area contributed by atoms with E-state index in [1.54, 1.807) is 30.3 Å². The van der Waals surface area contributed by atoms with Crippen LogP contribution in [0.3, 0.4) is 0 Å². The van der Waals surface area contributed by atoms with Crippen molar-refractivity contribution in [2.45, 2.75) is 26.7 Å². The van der Waals surface area contributed by atoms with Crippen LogP contribution in [0.1, 0.15) is 39.0 Å². The first-order chi connectivity index (χ1) is 15.3. The Morgan fingerprint density at radius 3 is 2.28 bits per heavy atom. The van der Waals surface area contributed by atoms with Crippen LogP contribution in [0.2, 0.25) is 0 Å². The molecule has 7 nitrogen and oxygen atoms in total. The second-order valence-corrected chi connectivity index (χ2v) is 7.43. The number of nitriles is 2. The molecule has 0 spiro atoms. The molecular weight excluding hydrogens is 402 g/mol. The lowest BCUT2D eigenvalue weighted by Gasteiger charge is -2.18. The molecule has 7 heteroatoms. The van der Waals surface area contributed by atoms with Gasteiger partial charge in [0.15, 0.2) is 0 Å². The molecular formula is C25H23N5O2. The third-order valence-corrected chi connectivity index (χ3v) is 4.97. The minimum atomic E-state index is -0.655. The first-order valence-corrected chi connectivity index (χ1v) is 9.97. The molecule has 0 fully saturated rings. The zero-order valence-electron chi connectivity index (χ0n) is 17.9. The first-order valence-electron chi connectivity index (χ1n) is 9.97. The van der Waals surface area contributed by atoms with E-state index in [4.69, 9.17) is 26.7 Å². The first kappa shape index (κ1) is 22.2. The van der Waals surface area contributed by atoms with Gasteiger partial charge in [-0.15, -0.1) is 0 Å². The van der Waals surface area contributed by atoms with Crippen molar-refractivity contribution in [3.63, 3.8) is 0 Å². The van der Waals surface area contributed by atoms with Crippen molar-refractivity contribution in [2.75, 3.05) is 11.1 Å². The molecule has 32 heavy (non-hydrogen) atoms. The van der Waals surface area contributed by atoms with Gasteiger partial charge >= 0.3 is 0 Å². The summed E-state index contributed by atoms with van der Waals surface area (Å²) < 4.78 is 6.16. The lowest BCUT2D eigenvalue weighted by Crippen LogP contribution is -2.13. The number of carbonyl (C=O) groups is 1. The molecule has 0 unspecified atom stereocenters. The Morgan fingerprint density at radius 1 is 1.06 bits per heavy atom. The zero-order valence-corrected chi connectivity index (χ0v) is 17.9. The summed E-state index contributed by atoms with van der Waals surface area (Å²) in [5.74, 6) is 0.235. The van der Waals surface area contributed by atoms with Crippen molar-refractivity contribution in [1.82, 2.24) is 0 Å². The Morgan fingerprint density at radius 2 is 1.72 bits per heavy atom. The molecule has 3 aromatic carbocycles. The molecule has 3 rings (SSSR count). The number of nitrogens with zero attached hydrogens (tertiary/aromatic N) is 2. The molecule has 0 aliphatic carbocycles. The number of nitrogens with one attached hydrogen (secondary N) is 1. The summed E-state index contributed by atoms with van der Waals surface area (Å²) in [6, 6.07) is 18.2. The third kappa shape index (κ3) is 4.97. The normalized spacial score (nSPS) is 10.1. The molecule has 0 heterocycles. The van der Waals surface area contributed by atoms with Crippen LogP contribution < -0.4 is 21.5 Å². The van der Waals surface area contributed by atoms with Crippen LogP contribution in [-0.2, 0) is 6.42 Å². The van der Waals surface area contributed by atoms with Crippen LogP contribution in [0.4, 0.5) is 17.1 Å². The lowest BCUT2D eigenvalue weighted by atomic mass is 10.0. The Balaban J connectivity index is 1.98. The SMILES string of the molecule is Cc1cc(CCC#N)cc(C)c1Oc1cc(Nc2ccc(C#N)cc2)c(N)cc1C(N)=O. The Hall–Kier alpha value is -4.49. The molecule has 0 bridgehead atoms. The molecule has 160 valence electrons. The number of nitrogen functional groups attached to an aromatic ring is 1. The van der Waals surface area contributed by atoms with Crippen molar-refractivity contribution in [3.8, 4) is 23.6 Å². The summed E-state index contributed by atoms with van der Waals surface area (Å²) in [6.07, 6.45) is 1.10. The highest BCUT2D eigenvalue weighted by atomic mass is 16.5. The quantitative estimate of drug-likeness (QED) is 0.463. The highest BCUT2D eigenvalue weighted by Crippen LogP contribution is 2.37. The number of benzene rings is 3. The summed E-state index contributed by atoms with van der Waals surface area (Å²) in [4.78, 5) is 12.1. The molecule has 0 saturated carbocycles. The Bertz CT molecular complexity index is 1230. The Kier molecular flexibility index (Phi) is 6.62. The van der Waals surface area contributed by atoms with Gasteiger partial charge in [0, 0.05) is 18.2 Å². The average molecular weight is 425 g/mol. The van der Waals surface area contributed by atoms with E-state index < -0.39 is 5.91 Å². The van der Waals surface area contributed by atoms with Crippen molar-refractivity contribution >= 4 is 23.0 Å². The number of primary amides is 1. The number of rotatable bonds is 7. The standard InChI is InChI=1S/C25H23N5O2/c1-15-10-18(4-3-9-26)11-16(2)24(15)32-23-13-22(21(28)12-20(23)25(29)31)30-19-7-5-17(14-27)6-8-19/h5-8,10-13,30H,3-4,28H2,1-2H3,(H2,29,31). The molecule has 0 atom stereocenters. The third-order valence-electron chi connectivity index (χ3n) is 4.97. The number of anilines is 3. The van der Waals surface area contributed by atoms with Gasteiger partial charge in [-0.25, -0.2) is 0 Å². The number of carbonyl (C=O) groups excluding carboxylic acids is 1. The zero-order chi connectivity index (χ0) is 23.3. The minimum Gasteiger partial charge on any atom is -0.456 e. The minimum absolute atomic E-state index is 0.167. The maximum Gasteiger partial charge on any atom is 0.252 e. The monoisotopic (exact) mass is 425 g/mol. The van der Waals surface area contributed by atoms with Gasteiger partial charge in [0.25, 0.3) is 5.91 Å². The van der Waals surface area contributed by atoms with E-state index in [-0.39, 0.29) is 11.3 Å². The molecule has 0 aromatic heterocycles. The van der Waals surface area contributed by atoms with Gasteiger partial charge < -0.3 is 21.5 Å². The van der Waals surface area contributed by atoms with Crippen molar-refractivity contribution in [2.24, 2.45) is 5.73 Å². The summed E-state index contributed by atoms with van der Waals surface area (Å²) >= 11 is 0. The fourth-order valence-corrected chi connectivity index (χ4v) is 3.42.